The van der Waals surface area contributed by atoms with E-state index in [2.05, 4.69) is 20.4 Å². The number of carbonyl (C=O) groups excluding carboxylic acids is 1. The van der Waals surface area contributed by atoms with Gasteiger partial charge in [-0.3, -0.25) is 9.69 Å². The fraction of sp³-hybridized carbons (Fsp3) is 0.632. The standard InChI is InChI=1S/C19H27N5O2/c1-14-17(15(2)26-22-14)11-23-8-3-6-19(12-23,24-9-7-20-13-24)18(25)21-10-16-4-5-16/h7,9,13,16H,3-6,8,10-12H2,1-2H3,(H,21,25). The van der Waals surface area contributed by atoms with Crippen LogP contribution in [0.1, 0.15) is 42.7 Å². The van der Waals surface area contributed by atoms with Crippen molar-refractivity contribution >= 4 is 5.91 Å². The summed E-state index contributed by atoms with van der Waals surface area (Å²) in [6, 6.07) is 0. The normalized spacial score (nSPS) is 23.9. The van der Waals surface area contributed by atoms with Crippen molar-refractivity contribution in [1.29, 1.82) is 0 Å². The Morgan fingerprint density at radius 2 is 2.27 bits per heavy atom. The third-order valence-corrected chi connectivity index (χ3v) is 5.78. The minimum atomic E-state index is -0.595. The maximum atomic E-state index is 13.2. The minimum Gasteiger partial charge on any atom is -0.361 e. The van der Waals surface area contributed by atoms with E-state index < -0.39 is 5.54 Å². The lowest BCUT2D eigenvalue weighted by Gasteiger charge is -2.42. The average molecular weight is 357 g/mol. The van der Waals surface area contributed by atoms with Crippen molar-refractivity contribution in [3.8, 4) is 0 Å². The summed E-state index contributed by atoms with van der Waals surface area (Å²) in [6.07, 6.45) is 9.71. The summed E-state index contributed by atoms with van der Waals surface area (Å²) in [6.45, 7) is 7.11. The van der Waals surface area contributed by atoms with Gasteiger partial charge in [-0.15, -0.1) is 0 Å². The number of carbonyl (C=O) groups is 1. The first kappa shape index (κ1) is 17.3. The molecule has 1 amide bonds. The van der Waals surface area contributed by atoms with Gasteiger partial charge < -0.3 is 14.4 Å². The number of nitrogens with zero attached hydrogens (tertiary/aromatic N) is 4. The first-order valence-corrected chi connectivity index (χ1v) is 9.49. The molecule has 1 saturated heterocycles. The fourth-order valence-electron chi connectivity index (χ4n) is 3.96. The zero-order valence-electron chi connectivity index (χ0n) is 15.6. The van der Waals surface area contributed by atoms with Crippen LogP contribution >= 0.6 is 0 Å². The zero-order chi connectivity index (χ0) is 18.1. The Balaban J connectivity index is 1.55. The summed E-state index contributed by atoms with van der Waals surface area (Å²) < 4.78 is 7.30. The van der Waals surface area contributed by atoms with Crippen LogP contribution in [0.2, 0.25) is 0 Å². The third kappa shape index (κ3) is 3.28. The molecule has 1 atom stereocenters. The lowest BCUT2D eigenvalue weighted by Crippen LogP contribution is -2.58. The van der Waals surface area contributed by atoms with Crippen LogP contribution in [-0.2, 0) is 16.9 Å². The molecule has 1 saturated carbocycles. The van der Waals surface area contributed by atoms with Crippen molar-refractivity contribution in [2.24, 2.45) is 5.92 Å². The Morgan fingerprint density at radius 3 is 2.92 bits per heavy atom. The Hall–Kier alpha value is -2.15. The van der Waals surface area contributed by atoms with Crippen LogP contribution in [-0.4, -0.2) is 45.1 Å². The SMILES string of the molecule is Cc1noc(C)c1CN1CCCC(C(=O)NCC2CC2)(n2ccnc2)C1. The van der Waals surface area contributed by atoms with Gasteiger partial charge >= 0.3 is 0 Å². The second-order valence-electron chi connectivity index (χ2n) is 7.77. The molecule has 1 aliphatic carbocycles. The minimum absolute atomic E-state index is 0.117. The number of amides is 1. The van der Waals surface area contributed by atoms with Crippen LogP contribution in [0.25, 0.3) is 0 Å². The van der Waals surface area contributed by atoms with E-state index in [0.717, 1.165) is 49.5 Å². The maximum Gasteiger partial charge on any atom is 0.247 e. The number of hydrogen-bond acceptors (Lipinski definition) is 5. The van der Waals surface area contributed by atoms with E-state index in [1.807, 2.05) is 24.6 Å². The molecule has 4 rings (SSSR count). The van der Waals surface area contributed by atoms with E-state index in [0.29, 0.717) is 12.5 Å². The number of piperidine rings is 1. The largest absolute Gasteiger partial charge is 0.361 e. The van der Waals surface area contributed by atoms with Crippen molar-refractivity contribution in [2.45, 2.75) is 51.6 Å². The Labute approximate surface area is 153 Å². The van der Waals surface area contributed by atoms with Crippen molar-refractivity contribution in [3.05, 3.63) is 35.7 Å². The molecule has 2 aliphatic rings. The van der Waals surface area contributed by atoms with Gasteiger partial charge in [0, 0.05) is 37.6 Å². The molecule has 2 fully saturated rings. The van der Waals surface area contributed by atoms with E-state index >= 15 is 0 Å². The van der Waals surface area contributed by atoms with Gasteiger partial charge in [0.15, 0.2) is 0 Å². The average Bonchev–Trinajstić information content (AvgIpc) is 3.20. The highest BCUT2D eigenvalue weighted by atomic mass is 16.5. The van der Waals surface area contributed by atoms with Gasteiger partial charge in [0.25, 0.3) is 0 Å². The molecule has 0 bridgehead atoms. The summed E-state index contributed by atoms with van der Waals surface area (Å²) in [4.78, 5) is 19.8. The zero-order valence-corrected chi connectivity index (χ0v) is 15.6. The number of nitrogens with one attached hydrogen (secondary N) is 1. The van der Waals surface area contributed by atoms with Crippen LogP contribution in [0.15, 0.2) is 23.2 Å². The van der Waals surface area contributed by atoms with Crippen molar-refractivity contribution in [1.82, 2.24) is 24.9 Å². The predicted molar refractivity (Wildman–Crippen MR) is 96.4 cm³/mol. The van der Waals surface area contributed by atoms with Gasteiger partial charge in [-0.25, -0.2) is 4.98 Å². The molecular weight excluding hydrogens is 330 g/mol. The molecule has 0 radical (unpaired) electrons. The van der Waals surface area contributed by atoms with E-state index in [1.54, 1.807) is 12.5 Å². The van der Waals surface area contributed by atoms with Crippen molar-refractivity contribution in [3.63, 3.8) is 0 Å². The summed E-state index contributed by atoms with van der Waals surface area (Å²) in [7, 11) is 0. The van der Waals surface area contributed by atoms with Gasteiger partial charge in [0.2, 0.25) is 5.91 Å². The molecule has 140 valence electrons. The van der Waals surface area contributed by atoms with Crippen LogP contribution in [0, 0.1) is 19.8 Å². The van der Waals surface area contributed by atoms with Crippen molar-refractivity contribution < 1.29 is 9.32 Å². The predicted octanol–water partition coefficient (Wildman–Crippen LogP) is 2.01. The van der Waals surface area contributed by atoms with E-state index in [9.17, 15) is 4.79 Å². The highest BCUT2D eigenvalue weighted by Gasteiger charge is 2.44. The first-order chi connectivity index (χ1) is 12.6. The molecule has 0 aromatic carbocycles. The van der Waals surface area contributed by atoms with Crippen LogP contribution in [0.5, 0.6) is 0 Å². The Kier molecular flexibility index (Phi) is 4.56. The second kappa shape index (κ2) is 6.87. The van der Waals surface area contributed by atoms with Crippen LogP contribution in [0.3, 0.4) is 0 Å². The smallest absolute Gasteiger partial charge is 0.247 e. The van der Waals surface area contributed by atoms with Gasteiger partial charge in [-0.1, -0.05) is 5.16 Å². The lowest BCUT2D eigenvalue weighted by molar-refractivity contribution is -0.133. The number of imidazole rings is 1. The lowest BCUT2D eigenvalue weighted by atomic mass is 9.87. The van der Waals surface area contributed by atoms with E-state index in [4.69, 9.17) is 4.52 Å². The summed E-state index contributed by atoms with van der Waals surface area (Å²) >= 11 is 0. The first-order valence-electron chi connectivity index (χ1n) is 9.49. The molecule has 1 aliphatic heterocycles. The monoisotopic (exact) mass is 357 g/mol. The number of hydrogen-bond donors (Lipinski definition) is 1. The third-order valence-electron chi connectivity index (χ3n) is 5.78. The Morgan fingerprint density at radius 1 is 1.42 bits per heavy atom. The summed E-state index contributed by atoms with van der Waals surface area (Å²) in [5, 5.41) is 7.26. The van der Waals surface area contributed by atoms with Crippen LogP contribution < -0.4 is 5.32 Å². The van der Waals surface area contributed by atoms with Crippen LogP contribution in [0.4, 0.5) is 0 Å². The molecule has 7 heteroatoms. The number of aromatic nitrogens is 3. The maximum absolute atomic E-state index is 13.2. The highest BCUT2D eigenvalue weighted by molar-refractivity contribution is 5.85. The quantitative estimate of drug-likeness (QED) is 0.856. The second-order valence-corrected chi connectivity index (χ2v) is 7.77. The molecule has 3 heterocycles. The molecule has 2 aromatic heterocycles. The van der Waals surface area contributed by atoms with Gasteiger partial charge in [0.1, 0.15) is 11.3 Å². The molecule has 26 heavy (non-hydrogen) atoms. The summed E-state index contributed by atoms with van der Waals surface area (Å²) in [5.41, 5.74) is 1.46. The van der Waals surface area contributed by atoms with Crippen molar-refractivity contribution in [2.75, 3.05) is 19.6 Å². The molecule has 2 aromatic rings. The highest BCUT2D eigenvalue weighted by Crippen LogP contribution is 2.32. The van der Waals surface area contributed by atoms with E-state index in [-0.39, 0.29) is 5.91 Å². The number of aryl methyl sites for hydroxylation is 2. The molecular formula is C19H27N5O2. The Bertz CT molecular complexity index is 745. The number of likely N-dealkylation sites (tertiary alicyclic amines) is 1. The van der Waals surface area contributed by atoms with E-state index in [1.165, 1.54) is 12.8 Å². The molecule has 7 nitrogen and oxygen atoms in total. The molecule has 1 unspecified atom stereocenters. The fourth-order valence-corrected chi connectivity index (χ4v) is 3.96. The summed E-state index contributed by atoms with van der Waals surface area (Å²) in [5.74, 6) is 1.64. The van der Waals surface area contributed by atoms with Gasteiger partial charge in [-0.05, 0) is 52.0 Å². The molecule has 1 N–H and O–H groups in total. The van der Waals surface area contributed by atoms with Gasteiger partial charge in [-0.2, -0.15) is 0 Å². The topological polar surface area (TPSA) is 76.2 Å². The van der Waals surface area contributed by atoms with Gasteiger partial charge in [0.05, 0.1) is 12.0 Å². The molecule has 0 spiro atoms. The number of rotatable bonds is 6.